The summed E-state index contributed by atoms with van der Waals surface area (Å²) >= 11 is 8.82. The number of thiol groups is 2. The monoisotopic (exact) mass is 1000 g/mol. The predicted octanol–water partition coefficient (Wildman–Crippen LogP) is -1.30. The van der Waals surface area contributed by atoms with E-state index in [1.807, 2.05) is 36.4 Å². The minimum Gasteiger partial charge on any atom is -0.508 e. The number of carbonyl (C=O) groups excluding carboxylic acids is 7. The molecule has 0 bridgehead atoms. The number of nitrogens with two attached hydrogens (primary N) is 4. The number of aliphatic hydroxyl groups is 1. The summed E-state index contributed by atoms with van der Waals surface area (Å²) in [6, 6.07) is 12.7. The third-order valence-electron chi connectivity index (χ3n) is 11.1. The van der Waals surface area contributed by atoms with Crippen molar-refractivity contribution in [3.05, 3.63) is 102 Å². The molecule has 4 rings (SSSR count). The molecular formula is C47H64N12O9S2. The maximum atomic E-state index is 14.7. The van der Waals surface area contributed by atoms with Gasteiger partial charge in [0.2, 0.25) is 41.4 Å². The van der Waals surface area contributed by atoms with Gasteiger partial charge in [0.1, 0.15) is 42.0 Å². The molecule has 0 saturated carbocycles. The summed E-state index contributed by atoms with van der Waals surface area (Å²) < 4.78 is -1.29. The normalized spacial score (nSPS) is 14.8. The molecule has 70 heavy (non-hydrogen) atoms. The van der Waals surface area contributed by atoms with Gasteiger partial charge in [-0.25, -0.2) is 0 Å². The number of nitrogens with one attached hydrogen (secondary N) is 7. The molecule has 0 aliphatic rings. The molecule has 0 fully saturated rings. The van der Waals surface area contributed by atoms with E-state index in [0.29, 0.717) is 11.1 Å². The average Bonchev–Trinajstić information content (AvgIpc) is 3.71. The van der Waals surface area contributed by atoms with E-state index in [4.69, 9.17) is 22.9 Å². The van der Waals surface area contributed by atoms with Crippen LogP contribution in [0.5, 0.6) is 5.75 Å². The molecule has 378 valence electrons. The Morgan fingerprint density at radius 3 is 1.81 bits per heavy atom. The first kappa shape index (κ1) is 55.8. The van der Waals surface area contributed by atoms with Crippen molar-refractivity contribution < 1.29 is 43.8 Å². The zero-order valence-corrected chi connectivity index (χ0v) is 40.8. The summed E-state index contributed by atoms with van der Waals surface area (Å²) in [7, 11) is 0. The van der Waals surface area contributed by atoms with E-state index < -0.39 is 94.5 Å². The number of phenolic OH excluding ortho intramolecular Hbond substituents is 1. The lowest BCUT2D eigenvalue weighted by atomic mass is 9.99. The third kappa shape index (κ3) is 17.0. The second-order valence-corrected chi connectivity index (χ2v) is 18.8. The van der Waals surface area contributed by atoms with Gasteiger partial charge in [0.05, 0.1) is 12.1 Å². The van der Waals surface area contributed by atoms with Gasteiger partial charge in [0, 0.05) is 47.0 Å². The number of H-pyrrole nitrogens is 1. The zero-order valence-electron chi connectivity index (χ0n) is 39.1. The van der Waals surface area contributed by atoms with Crippen molar-refractivity contribution in [2.24, 2.45) is 27.9 Å². The van der Waals surface area contributed by atoms with Gasteiger partial charge in [-0.2, -0.15) is 25.3 Å². The zero-order chi connectivity index (χ0) is 51.7. The summed E-state index contributed by atoms with van der Waals surface area (Å²) in [5, 5.41) is 36.6. The van der Waals surface area contributed by atoms with Gasteiger partial charge in [-0.05, 0) is 74.9 Å². The molecule has 17 N–H and O–H groups in total. The number of para-hydroxylation sites is 1. The number of hydrogen-bond donors (Lipinski definition) is 15. The number of amides is 7. The first-order valence-electron chi connectivity index (χ1n) is 22.4. The van der Waals surface area contributed by atoms with Crippen LogP contribution in [-0.4, -0.2) is 128 Å². The molecule has 4 aromatic rings. The molecule has 1 aromatic heterocycles. The number of primary amides is 1. The quantitative estimate of drug-likeness (QED) is 0.0151. The smallest absolute Gasteiger partial charge is 0.244 e. The third-order valence-corrected chi connectivity index (χ3v) is 11.7. The van der Waals surface area contributed by atoms with Crippen molar-refractivity contribution in [1.82, 2.24) is 36.9 Å². The number of benzene rings is 3. The number of fused-ring (bicyclic) bond motifs is 1. The number of guanidine groups is 1. The standard InChI is InChI=1S/C47H64N12O9S2/c1-25(60)37(39(49)62)58-45(68)38(47(2,3)70)59-41(64)33(14-9-19-52-46(50)51)54-43(66)35(22-28-23-53-32-13-8-7-12-30(28)32)56-42(65)34(21-27-15-17-29(61)18-16-27)55-44(67)36(24-69)57-40(63)31(48)20-26-10-5-4-6-11-26/h4-8,10-13,15-18,23,25,31,33-38,53,60-61,69-70H,9,14,19-22,24,48H2,1-3H3,(H2,49,62)(H,54,66)(H,55,67)(H,56,65)(H,57,63)(H,58,68)(H,59,64)(H4,50,51,52)/t25-,31+,33+,34+,35+,36+,37+,38-/m1/s1. The van der Waals surface area contributed by atoms with Crippen LogP contribution in [0, 0.1) is 0 Å². The molecule has 1 heterocycles. The number of aromatic nitrogens is 1. The van der Waals surface area contributed by atoms with E-state index >= 15 is 0 Å². The molecule has 0 unspecified atom stereocenters. The summed E-state index contributed by atoms with van der Waals surface area (Å²) in [4.78, 5) is 103. The van der Waals surface area contributed by atoms with Crippen LogP contribution in [0.1, 0.15) is 50.3 Å². The molecule has 7 amide bonds. The van der Waals surface area contributed by atoms with Crippen LogP contribution in [0.4, 0.5) is 0 Å². The minimum absolute atomic E-state index is 0.0411. The first-order chi connectivity index (χ1) is 33.1. The van der Waals surface area contributed by atoms with Gasteiger partial charge in [0.15, 0.2) is 5.96 Å². The van der Waals surface area contributed by atoms with E-state index in [1.165, 1.54) is 32.9 Å². The highest BCUT2D eigenvalue weighted by Gasteiger charge is 2.39. The number of aromatic amines is 1. The van der Waals surface area contributed by atoms with Gasteiger partial charge in [-0.1, -0.05) is 60.7 Å². The Hall–Kier alpha value is -6.82. The minimum atomic E-state index is -1.51. The molecule has 0 saturated heterocycles. The number of phenols is 1. The van der Waals surface area contributed by atoms with E-state index in [0.717, 1.165) is 16.5 Å². The highest BCUT2D eigenvalue weighted by molar-refractivity contribution is 7.81. The number of carbonyl (C=O) groups is 7. The Balaban J connectivity index is 1.68. The molecule has 8 atom stereocenters. The van der Waals surface area contributed by atoms with Crippen molar-refractivity contribution in [1.29, 1.82) is 0 Å². The van der Waals surface area contributed by atoms with Crippen molar-refractivity contribution in [2.75, 3.05) is 12.3 Å². The molecule has 0 radical (unpaired) electrons. The van der Waals surface area contributed by atoms with Crippen molar-refractivity contribution in [2.45, 2.75) is 106 Å². The molecule has 0 aliphatic heterocycles. The fourth-order valence-corrected chi connectivity index (χ4v) is 7.74. The van der Waals surface area contributed by atoms with Gasteiger partial charge >= 0.3 is 0 Å². The number of aliphatic hydroxyl groups excluding tert-OH is 1. The van der Waals surface area contributed by atoms with Gasteiger partial charge in [0.25, 0.3) is 0 Å². The SMILES string of the molecule is C[C@@H](O)[C@H](NC(=O)[C@@H](NC(=O)[C@H](CCCN=C(N)N)NC(=O)[C@H](Cc1c[nH]c2ccccc12)NC(=O)[C@H](Cc1ccc(O)cc1)NC(=O)[C@H](CS)NC(=O)[C@@H](N)Cc1ccccc1)C(C)(C)S)C(N)=O. The number of aliphatic imine (C=N–C) groups is 1. The average molecular weight is 1010 g/mol. The van der Waals surface area contributed by atoms with E-state index in [9.17, 15) is 43.8 Å². The summed E-state index contributed by atoms with van der Waals surface area (Å²) in [6.07, 6.45) is 0.226. The van der Waals surface area contributed by atoms with Crippen LogP contribution in [0.15, 0.2) is 90.1 Å². The second-order valence-electron chi connectivity index (χ2n) is 17.3. The fraction of sp³-hybridized carbons (Fsp3) is 0.404. The Morgan fingerprint density at radius 1 is 0.686 bits per heavy atom. The van der Waals surface area contributed by atoms with E-state index in [2.05, 4.69) is 67.1 Å². The second kappa shape index (κ2) is 26.2. The van der Waals surface area contributed by atoms with Gasteiger partial charge < -0.3 is 70.0 Å². The van der Waals surface area contributed by atoms with Gasteiger partial charge in [-0.3, -0.25) is 38.6 Å². The molecule has 0 spiro atoms. The molecule has 21 nitrogen and oxygen atoms in total. The lowest BCUT2D eigenvalue weighted by molar-refractivity contribution is -0.136. The number of nitrogens with zero attached hydrogens (tertiary/aromatic N) is 1. The number of hydrogen-bond acceptors (Lipinski definition) is 13. The molecule has 3 aromatic carbocycles. The Kier molecular flexibility index (Phi) is 20.9. The number of rotatable bonds is 26. The Bertz CT molecular complexity index is 2460. The number of aromatic hydroxyl groups is 1. The van der Waals surface area contributed by atoms with Crippen molar-refractivity contribution in [3.63, 3.8) is 0 Å². The van der Waals surface area contributed by atoms with E-state index in [1.54, 1.807) is 36.5 Å². The maximum Gasteiger partial charge on any atom is 0.244 e. The van der Waals surface area contributed by atoms with E-state index in [-0.39, 0.29) is 56.1 Å². The lowest BCUT2D eigenvalue weighted by Gasteiger charge is -2.33. The van der Waals surface area contributed by atoms with Crippen LogP contribution in [0.2, 0.25) is 0 Å². The fourth-order valence-electron chi connectivity index (χ4n) is 7.30. The van der Waals surface area contributed by atoms with Crippen LogP contribution in [-0.2, 0) is 52.8 Å². The first-order valence-corrected chi connectivity index (χ1v) is 23.5. The van der Waals surface area contributed by atoms with Crippen LogP contribution in [0.3, 0.4) is 0 Å². The highest BCUT2D eigenvalue weighted by atomic mass is 32.1. The molecule has 23 heteroatoms. The van der Waals surface area contributed by atoms with Crippen molar-refractivity contribution >= 4 is 83.5 Å². The Labute approximate surface area is 416 Å². The topological polar surface area (TPSA) is 364 Å². The highest BCUT2D eigenvalue weighted by Crippen LogP contribution is 2.21. The van der Waals surface area contributed by atoms with Crippen LogP contribution < -0.4 is 54.8 Å². The Morgan fingerprint density at radius 2 is 1.23 bits per heavy atom. The summed E-state index contributed by atoms with van der Waals surface area (Å²) in [5.74, 6) is -6.37. The molecule has 0 aliphatic carbocycles. The largest absolute Gasteiger partial charge is 0.508 e. The molecular weight excluding hydrogens is 941 g/mol. The maximum absolute atomic E-state index is 14.7. The van der Waals surface area contributed by atoms with Crippen molar-refractivity contribution in [3.8, 4) is 5.75 Å². The predicted molar refractivity (Wildman–Crippen MR) is 271 cm³/mol. The lowest BCUT2D eigenvalue weighted by Crippen LogP contribution is -2.63. The summed E-state index contributed by atoms with van der Waals surface area (Å²) in [6.45, 7) is 4.32. The van der Waals surface area contributed by atoms with Crippen LogP contribution >= 0.6 is 25.3 Å². The summed E-state index contributed by atoms with van der Waals surface area (Å²) in [5.41, 5.74) is 25.3. The van der Waals surface area contributed by atoms with Gasteiger partial charge in [-0.15, -0.1) is 0 Å². The van der Waals surface area contributed by atoms with Crippen LogP contribution in [0.25, 0.3) is 10.9 Å².